The maximum atomic E-state index is 11.3. The maximum absolute atomic E-state index is 11.3. The van der Waals surface area contributed by atoms with Crippen molar-refractivity contribution in [2.75, 3.05) is 30.0 Å². The van der Waals surface area contributed by atoms with Crippen LogP contribution in [0.15, 0.2) is 77.3 Å². The van der Waals surface area contributed by atoms with E-state index in [2.05, 4.69) is 41.2 Å². The highest BCUT2D eigenvalue weighted by Gasteiger charge is 2.43. The fourth-order valence-electron chi connectivity index (χ4n) is 6.34. The third-order valence-electron chi connectivity index (χ3n) is 8.10. The number of hydrogen-bond acceptors (Lipinski definition) is 7. The van der Waals surface area contributed by atoms with E-state index in [1.165, 1.54) is 25.7 Å². The lowest BCUT2D eigenvalue weighted by atomic mass is 9.91. The van der Waals surface area contributed by atoms with Gasteiger partial charge in [-0.1, -0.05) is 31.5 Å². The molecule has 4 heterocycles. The number of nitrogens with one attached hydrogen (secondary N) is 1. The highest BCUT2D eigenvalue weighted by molar-refractivity contribution is 7.80. The van der Waals surface area contributed by atoms with Gasteiger partial charge in [-0.2, -0.15) is 0 Å². The number of methoxy groups -OCH3 is 1. The second-order valence-electron chi connectivity index (χ2n) is 11.3. The molecule has 2 aliphatic rings. The molecule has 4 aromatic rings. The number of aromatic nitrogens is 1. The third kappa shape index (κ3) is 5.64. The molecule has 2 aliphatic heterocycles. The number of nitrogens with zero attached hydrogens (tertiary/aromatic N) is 4. The second-order valence-corrected chi connectivity index (χ2v) is 12.1. The van der Waals surface area contributed by atoms with Crippen LogP contribution in [0, 0.1) is 22.0 Å². The number of nitro groups is 1. The van der Waals surface area contributed by atoms with Gasteiger partial charge in [-0.05, 0) is 79.0 Å². The molecule has 0 bridgehead atoms. The number of piperidine rings is 1. The van der Waals surface area contributed by atoms with Gasteiger partial charge < -0.3 is 24.3 Å². The van der Waals surface area contributed by atoms with Crippen molar-refractivity contribution in [3.05, 3.63) is 99.5 Å². The van der Waals surface area contributed by atoms with Crippen molar-refractivity contribution in [1.29, 1.82) is 0 Å². The smallest absolute Gasteiger partial charge is 0.273 e. The molecular formula is C32H32ClN5O4S. The van der Waals surface area contributed by atoms with Gasteiger partial charge in [-0.15, -0.1) is 0 Å². The number of pyridine rings is 1. The van der Waals surface area contributed by atoms with Gasteiger partial charge in [0.2, 0.25) is 0 Å². The van der Waals surface area contributed by atoms with Crippen LogP contribution in [0.4, 0.5) is 17.1 Å². The highest BCUT2D eigenvalue weighted by atomic mass is 35.5. The van der Waals surface area contributed by atoms with E-state index in [0.717, 1.165) is 30.2 Å². The summed E-state index contributed by atoms with van der Waals surface area (Å²) in [4.78, 5) is 19.9. The summed E-state index contributed by atoms with van der Waals surface area (Å²) >= 11 is 12.8. The third-order valence-corrected chi connectivity index (χ3v) is 8.71. The van der Waals surface area contributed by atoms with Crippen LogP contribution >= 0.6 is 23.8 Å². The van der Waals surface area contributed by atoms with Crippen molar-refractivity contribution < 1.29 is 14.1 Å². The van der Waals surface area contributed by atoms with Crippen LogP contribution in [0.5, 0.6) is 5.75 Å². The quantitative estimate of drug-likeness (QED) is 0.128. The first-order valence-electron chi connectivity index (χ1n) is 14.2. The van der Waals surface area contributed by atoms with Crippen molar-refractivity contribution in [2.24, 2.45) is 11.8 Å². The molecule has 0 saturated carbocycles. The summed E-state index contributed by atoms with van der Waals surface area (Å²) in [6.07, 6.45) is 2.97. The Bertz CT molecular complexity index is 1650. The Hall–Kier alpha value is -4.15. The van der Waals surface area contributed by atoms with Crippen LogP contribution in [0.1, 0.15) is 43.8 Å². The minimum atomic E-state index is -0.455. The molecule has 1 N–H and O–H groups in total. The van der Waals surface area contributed by atoms with Gasteiger partial charge in [-0.25, -0.2) is 0 Å². The molecule has 0 spiro atoms. The van der Waals surface area contributed by atoms with Crippen LogP contribution in [0.25, 0.3) is 11.3 Å². The van der Waals surface area contributed by atoms with Gasteiger partial charge in [0.1, 0.15) is 23.3 Å². The van der Waals surface area contributed by atoms with E-state index in [1.807, 2.05) is 41.3 Å². The average Bonchev–Trinajstić information content (AvgIpc) is 3.61. The van der Waals surface area contributed by atoms with Crippen LogP contribution in [0.2, 0.25) is 5.02 Å². The van der Waals surface area contributed by atoms with Gasteiger partial charge >= 0.3 is 0 Å². The molecule has 0 unspecified atom stereocenters. The largest absolute Gasteiger partial charge is 0.496 e. The molecule has 222 valence electrons. The minimum absolute atomic E-state index is 0.0621. The van der Waals surface area contributed by atoms with E-state index in [1.54, 1.807) is 12.3 Å². The number of ether oxygens (including phenoxy) is 1. The summed E-state index contributed by atoms with van der Waals surface area (Å²) in [5.41, 5.74) is 3.20. The van der Waals surface area contributed by atoms with Crippen molar-refractivity contribution in [1.82, 2.24) is 10.3 Å². The Morgan fingerprint density at radius 3 is 2.56 bits per heavy atom. The van der Waals surface area contributed by atoms with Crippen LogP contribution in [-0.2, 0) is 0 Å². The summed E-state index contributed by atoms with van der Waals surface area (Å²) in [5.74, 6) is 2.69. The molecule has 43 heavy (non-hydrogen) atoms. The summed E-state index contributed by atoms with van der Waals surface area (Å²) in [7, 11) is 1.48. The summed E-state index contributed by atoms with van der Waals surface area (Å²) in [6.45, 7) is 6.51. The van der Waals surface area contributed by atoms with E-state index < -0.39 is 11.0 Å². The zero-order valence-corrected chi connectivity index (χ0v) is 25.6. The molecule has 2 fully saturated rings. The van der Waals surface area contributed by atoms with Crippen LogP contribution in [-0.4, -0.2) is 35.2 Å². The van der Waals surface area contributed by atoms with Gasteiger partial charge in [0.05, 0.1) is 46.1 Å². The lowest BCUT2D eigenvalue weighted by Crippen LogP contribution is -2.38. The molecule has 0 radical (unpaired) electrons. The van der Waals surface area contributed by atoms with E-state index in [4.69, 9.17) is 33.0 Å². The monoisotopic (exact) mass is 617 g/mol. The predicted molar refractivity (Wildman–Crippen MR) is 172 cm³/mol. The summed E-state index contributed by atoms with van der Waals surface area (Å²) < 4.78 is 11.9. The molecule has 2 saturated heterocycles. The molecular weight excluding hydrogens is 586 g/mol. The first kappa shape index (κ1) is 28.9. The molecule has 0 aliphatic carbocycles. The Labute approximate surface area is 260 Å². The van der Waals surface area contributed by atoms with Crippen molar-refractivity contribution in [2.45, 2.75) is 32.4 Å². The van der Waals surface area contributed by atoms with E-state index in [9.17, 15) is 10.1 Å². The molecule has 2 aromatic heterocycles. The molecule has 4 atom stereocenters. The molecule has 2 aromatic carbocycles. The highest BCUT2D eigenvalue weighted by Crippen LogP contribution is 2.45. The number of nitro benzene ring substituents is 1. The zero-order valence-electron chi connectivity index (χ0n) is 24.1. The standard InChI is InChI=1S/C32H32ClN5O4S/c1-19-14-20(2)18-36(17-19)26-10-8-21(15-24(26)33)37-31(30(35-32(37)43)25-6-4-5-13-34-25)28-12-11-27(42-28)23-9-7-22(38(39)40)16-29(23)41-3/h4-13,15-16,19-20,30-31H,14,17-18H2,1-3H3,(H,35,43)/t19-,20+,30-,31+/m1/s1. The number of benzene rings is 2. The lowest BCUT2D eigenvalue weighted by molar-refractivity contribution is -0.384. The van der Waals surface area contributed by atoms with E-state index in [-0.39, 0.29) is 11.7 Å². The topological polar surface area (TPSA) is 96.9 Å². The average molecular weight is 618 g/mol. The van der Waals surface area contributed by atoms with Gasteiger partial charge in [-0.3, -0.25) is 15.1 Å². The van der Waals surface area contributed by atoms with Crippen molar-refractivity contribution in [3.63, 3.8) is 0 Å². The molecule has 0 amide bonds. The predicted octanol–water partition coefficient (Wildman–Crippen LogP) is 7.57. The number of anilines is 2. The Morgan fingerprint density at radius 2 is 1.88 bits per heavy atom. The minimum Gasteiger partial charge on any atom is -0.496 e. The zero-order chi connectivity index (χ0) is 30.2. The van der Waals surface area contributed by atoms with Gasteiger partial charge in [0.25, 0.3) is 5.69 Å². The van der Waals surface area contributed by atoms with Gasteiger partial charge in [0, 0.05) is 31.0 Å². The van der Waals surface area contributed by atoms with E-state index in [0.29, 0.717) is 44.8 Å². The first-order valence-corrected chi connectivity index (χ1v) is 15.0. The fourth-order valence-corrected chi connectivity index (χ4v) is 6.98. The Morgan fingerprint density at radius 1 is 1.09 bits per heavy atom. The molecule has 6 rings (SSSR count). The number of thiocarbonyl (C=S) groups is 1. The molecule has 11 heteroatoms. The lowest BCUT2D eigenvalue weighted by Gasteiger charge is -2.37. The number of halogens is 1. The second kappa shape index (κ2) is 11.9. The first-order chi connectivity index (χ1) is 20.7. The molecule has 9 nitrogen and oxygen atoms in total. The van der Waals surface area contributed by atoms with Gasteiger partial charge in [0.15, 0.2) is 5.11 Å². The maximum Gasteiger partial charge on any atom is 0.273 e. The number of furan rings is 1. The SMILES string of the molecule is COc1cc([N+](=O)[O-])ccc1-c1ccc([C@H]2[C@@H](c3ccccn3)NC(=S)N2c2ccc(N3C[C@H](C)C[C@H](C)C3)c(Cl)c2)o1. The number of rotatable bonds is 7. The van der Waals surface area contributed by atoms with Crippen LogP contribution < -0.4 is 19.9 Å². The van der Waals surface area contributed by atoms with Crippen LogP contribution in [0.3, 0.4) is 0 Å². The Kier molecular flexibility index (Phi) is 7.98. The van der Waals surface area contributed by atoms with Crippen molar-refractivity contribution >= 4 is 46.0 Å². The fraction of sp³-hybridized carbons (Fsp3) is 0.312. The number of non-ortho nitro benzene ring substituents is 1. The number of hydrogen-bond donors (Lipinski definition) is 1. The van der Waals surface area contributed by atoms with Crippen molar-refractivity contribution in [3.8, 4) is 17.1 Å². The normalized spacial score (nSPS) is 22.0. The summed E-state index contributed by atoms with van der Waals surface area (Å²) in [5, 5.41) is 16.0. The Balaban J connectivity index is 1.39. The summed E-state index contributed by atoms with van der Waals surface area (Å²) in [6, 6.07) is 19.3. The van der Waals surface area contributed by atoms with E-state index >= 15 is 0 Å².